The van der Waals surface area contributed by atoms with Crippen molar-refractivity contribution in [3.8, 4) is 0 Å². The lowest BCUT2D eigenvalue weighted by atomic mass is 10.1. The van der Waals surface area contributed by atoms with E-state index >= 15 is 0 Å². The van der Waals surface area contributed by atoms with E-state index in [4.69, 9.17) is 5.73 Å². The van der Waals surface area contributed by atoms with Gasteiger partial charge < -0.3 is 11.1 Å². The zero-order valence-corrected chi connectivity index (χ0v) is 12.2. The summed E-state index contributed by atoms with van der Waals surface area (Å²) in [4.78, 5) is 16.3. The van der Waals surface area contributed by atoms with Crippen molar-refractivity contribution in [3.05, 3.63) is 40.5 Å². The molecule has 0 aliphatic rings. The van der Waals surface area contributed by atoms with Crippen LogP contribution in [-0.4, -0.2) is 20.7 Å². The van der Waals surface area contributed by atoms with E-state index in [0.717, 1.165) is 17.0 Å². The van der Waals surface area contributed by atoms with Gasteiger partial charge in [-0.15, -0.1) is 0 Å². The molecule has 106 valence electrons. The van der Waals surface area contributed by atoms with Crippen LogP contribution in [0.5, 0.6) is 0 Å². The molecule has 20 heavy (non-hydrogen) atoms. The zero-order chi connectivity index (χ0) is 14.9. The highest BCUT2D eigenvalue weighted by Gasteiger charge is 2.13. The van der Waals surface area contributed by atoms with Crippen molar-refractivity contribution in [2.45, 2.75) is 27.3 Å². The average Bonchev–Trinajstić information content (AvgIpc) is 2.64. The molecule has 0 aliphatic carbocycles. The van der Waals surface area contributed by atoms with Gasteiger partial charge >= 0.3 is 0 Å². The number of aromatic nitrogens is 3. The smallest absolute Gasteiger partial charge is 0.253 e. The minimum atomic E-state index is -0.176. The third-order valence-corrected chi connectivity index (χ3v) is 3.44. The first-order valence-electron chi connectivity index (χ1n) is 6.39. The third kappa shape index (κ3) is 2.64. The summed E-state index contributed by atoms with van der Waals surface area (Å²) in [7, 11) is 1.89. The lowest BCUT2D eigenvalue weighted by Crippen LogP contribution is -2.24. The van der Waals surface area contributed by atoms with E-state index in [2.05, 4.69) is 15.4 Å². The van der Waals surface area contributed by atoms with E-state index in [1.165, 1.54) is 0 Å². The van der Waals surface area contributed by atoms with Crippen LogP contribution >= 0.6 is 0 Å². The van der Waals surface area contributed by atoms with Gasteiger partial charge in [0, 0.05) is 24.8 Å². The Bertz CT molecular complexity index is 660. The number of amides is 1. The van der Waals surface area contributed by atoms with Gasteiger partial charge in [0.15, 0.2) is 0 Å². The second-order valence-corrected chi connectivity index (χ2v) is 4.86. The highest BCUT2D eigenvalue weighted by atomic mass is 16.1. The average molecular weight is 273 g/mol. The van der Waals surface area contributed by atoms with Crippen LogP contribution in [0.3, 0.4) is 0 Å². The molecule has 6 nitrogen and oxygen atoms in total. The Morgan fingerprint density at radius 1 is 1.35 bits per heavy atom. The summed E-state index contributed by atoms with van der Waals surface area (Å²) in [5, 5.41) is 7.22. The number of nitrogen functional groups attached to an aromatic ring is 1. The quantitative estimate of drug-likeness (QED) is 0.881. The summed E-state index contributed by atoms with van der Waals surface area (Å²) in [6.07, 6.45) is 1.54. The fourth-order valence-corrected chi connectivity index (χ4v) is 2.12. The molecule has 1 amide bonds. The van der Waals surface area contributed by atoms with Gasteiger partial charge in [-0.2, -0.15) is 5.10 Å². The molecule has 0 fully saturated rings. The van der Waals surface area contributed by atoms with Crippen molar-refractivity contribution < 1.29 is 4.79 Å². The first-order chi connectivity index (χ1) is 9.40. The van der Waals surface area contributed by atoms with Crippen molar-refractivity contribution >= 4 is 11.6 Å². The molecule has 6 heteroatoms. The fourth-order valence-electron chi connectivity index (χ4n) is 2.12. The number of carbonyl (C=O) groups is 1. The van der Waals surface area contributed by atoms with E-state index in [0.29, 0.717) is 23.5 Å². The van der Waals surface area contributed by atoms with Crippen LogP contribution < -0.4 is 11.1 Å². The number of anilines is 1. The van der Waals surface area contributed by atoms with Gasteiger partial charge in [-0.25, -0.2) is 0 Å². The van der Waals surface area contributed by atoms with Crippen LogP contribution in [0, 0.1) is 20.8 Å². The molecule has 2 aromatic rings. The Balaban J connectivity index is 2.15. The molecule has 2 rings (SSSR count). The molecule has 3 N–H and O–H groups in total. The number of nitrogens with zero attached hydrogens (tertiary/aromatic N) is 3. The van der Waals surface area contributed by atoms with Gasteiger partial charge in [-0.3, -0.25) is 14.5 Å². The lowest BCUT2D eigenvalue weighted by molar-refractivity contribution is 0.0950. The number of nitrogens with two attached hydrogens (primary N) is 1. The standard InChI is InChI=1S/C14H19N5O/c1-8-12(5-11(15)6-16-8)14(20)17-7-13-9(2)18-19(4)10(13)3/h5-6H,7,15H2,1-4H3,(H,17,20). The summed E-state index contributed by atoms with van der Waals surface area (Å²) in [5.74, 6) is -0.176. The highest BCUT2D eigenvalue weighted by Crippen LogP contribution is 2.13. The molecule has 0 aromatic carbocycles. The van der Waals surface area contributed by atoms with Gasteiger partial charge in [0.1, 0.15) is 0 Å². The second kappa shape index (κ2) is 5.32. The van der Waals surface area contributed by atoms with Crippen molar-refractivity contribution in [2.24, 2.45) is 7.05 Å². The number of pyridine rings is 1. The van der Waals surface area contributed by atoms with Crippen LogP contribution in [0.1, 0.15) is 33.0 Å². The molecule has 0 spiro atoms. The van der Waals surface area contributed by atoms with Gasteiger partial charge in [0.2, 0.25) is 0 Å². The molecule has 0 unspecified atom stereocenters. The maximum Gasteiger partial charge on any atom is 0.253 e. The third-order valence-electron chi connectivity index (χ3n) is 3.44. The summed E-state index contributed by atoms with van der Waals surface area (Å²) < 4.78 is 1.81. The topological polar surface area (TPSA) is 85.8 Å². The molecule has 0 bridgehead atoms. The SMILES string of the molecule is Cc1ncc(N)cc1C(=O)NCc1c(C)nn(C)c1C. The summed E-state index contributed by atoms with van der Waals surface area (Å²) in [5.41, 5.74) is 10.3. The van der Waals surface area contributed by atoms with Crippen molar-refractivity contribution in [1.29, 1.82) is 0 Å². The van der Waals surface area contributed by atoms with E-state index in [1.54, 1.807) is 19.2 Å². The second-order valence-electron chi connectivity index (χ2n) is 4.86. The normalized spacial score (nSPS) is 10.6. The van der Waals surface area contributed by atoms with E-state index in [9.17, 15) is 4.79 Å². The maximum absolute atomic E-state index is 12.2. The molecule has 2 aromatic heterocycles. The number of aryl methyl sites for hydroxylation is 3. The van der Waals surface area contributed by atoms with Gasteiger partial charge in [-0.05, 0) is 26.8 Å². The predicted molar refractivity (Wildman–Crippen MR) is 77.2 cm³/mol. The van der Waals surface area contributed by atoms with Crippen LogP contribution in [-0.2, 0) is 13.6 Å². The molecular weight excluding hydrogens is 254 g/mol. The lowest BCUT2D eigenvalue weighted by Gasteiger charge is -2.08. The molecule has 2 heterocycles. The van der Waals surface area contributed by atoms with Crippen molar-refractivity contribution in [3.63, 3.8) is 0 Å². The Hall–Kier alpha value is -2.37. The van der Waals surface area contributed by atoms with Gasteiger partial charge in [0.25, 0.3) is 5.91 Å². The highest BCUT2D eigenvalue weighted by molar-refractivity contribution is 5.95. The van der Waals surface area contributed by atoms with Gasteiger partial charge in [0.05, 0.1) is 28.8 Å². The molecule has 0 saturated heterocycles. The van der Waals surface area contributed by atoms with Crippen molar-refractivity contribution in [2.75, 3.05) is 5.73 Å². The van der Waals surface area contributed by atoms with E-state index < -0.39 is 0 Å². The maximum atomic E-state index is 12.2. The molecule has 0 atom stereocenters. The Morgan fingerprint density at radius 3 is 2.65 bits per heavy atom. The number of rotatable bonds is 3. The van der Waals surface area contributed by atoms with Crippen LogP contribution in [0.2, 0.25) is 0 Å². The van der Waals surface area contributed by atoms with Crippen LogP contribution in [0.4, 0.5) is 5.69 Å². The molecule has 0 saturated carbocycles. The first kappa shape index (κ1) is 14.0. The summed E-state index contributed by atoms with van der Waals surface area (Å²) >= 11 is 0. The minimum Gasteiger partial charge on any atom is -0.397 e. The number of hydrogen-bond donors (Lipinski definition) is 2. The number of carbonyl (C=O) groups excluding carboxylic acids is 1. The van der Waals surface area contributed by atoms with Crippen LogP contribution in [0.15, 0.2) is 12.3 Å². The molecule has 0 radical (unpaired) electrons. The van der Waals surface area contributed by atoms with E-state index in [1.807, 2.05) is 25.6 Å². The monoisotopic (exact) mass is 273 g/mol. The largest absolute Gasteiger partial charge is 0.397 e. The fraction of sp³-hybridized carbons (Fsp3) is 0.357. The van der Waals surface area contributed by atoms with Crippen molar-refractivity contribution in [1.82, 2.24) is 20.1 Å². The van der Waals surface area contributed by atoms with Gasteiger partial charge in [-0.1, -0.05) is 0 Å². The van der Waals surface area contributed by atoms with E-state index in [-0.39, 0.29) is 5.91 Å². The minimum absolute atomic E-state index is 0.176. The Kier molecular flexibility index (Phi) is 3.74. The number of hydrogen-bond acceptors (Lipinski definition) is 4. The first-order valence-corrected chi connectivity index (χ1v) is 6.39. The Morgan fingerprint density at radius 2 is 2.05 bits per heavy atom. The Labute approximate surface area is 118 Å². The number of nitrogens with one attached hydrogen (secondary N) is 1. The molecule has 0 aliphatic heterocycles. The van der Waals surface area contributed by atoms with Crippen LogP contribution in [0.25, 0.3) is 0 Å². The molecular formula is C14H19N5O. The summed E-state index contributed by atoms with van der Waals surface area (Å²) in [6.45, 7) is 6.14. The zero-order valence-electron chi connectivity index (χ0n) is 12.2. The summed E-state index contributed by atoms with van der Waals surface area (Å²) in [6, 6.07) is 1.64. The predicted octanol–water partition coefficient (Wildman–Crippen LogP) is 1.25.